The van der Waals surface area contributed by atoms with Crippen LogP contribution < -0.4 is 5.73 Å². The minimum Gasteiger partial charge on any atom is -0.388 e. The molecular weight excluding hydrogens is 176 g/mol. The van der Waals surface area contributed by atoms with Gasteiger partial charge in [-0.2, -0.15) is 0 Å². The number of hydrogen-bond donors (Lipinski definition) is 2. The summed E-state index contributed by atoms with van der Waals surface area (Å²) < 4.78 is 0. The maximum absolute atomic E-state index is 9.94. The fraction of sp³-hybridized carbons (Fsp3) is 1.00. The fourth-order valence-electron chi connectivity index (χ4n) is 2.42. The molecule has 0 aromatic heterocycles. The van der Waals surface area contributed by atoms with Gasteiger partial charge in [0.15, 0.2) is 0 Å². The maximum atomic E-state index is 9.94. The summed E-state index contributed by atoms with van der Waals surface area (Å²) in [4.78, 5) is 2.35. The van der Waals surface area contributed by atoms with Crippen molar-refractivity contribution in [2.45, 2.75) is 45.3 Å². The Morgan fingerprint density at radius 2 is 2.14 bits per heavy atom. The normalized spacial score (nSPS) is 31.7. The van der Waals surface area contributed by atoms with Crippen molar-refractivity contribution in [2.24, 2.45) is 11.7 Å². The zero-order valence-electron chi connectivity index (χ0n) is 9.88. The minimum atomic E-state index is -0.749. The summed E-state index contributed by atoms with van der Waals surface area (Å²) in [7, 11) is 0. The third-order valence-corrected chi connectivity index (χ3v) is 3.21. The molecular formula is C11H24N2O. The minimum absolute atomic E-state index is 0.207. The van der Waals surface area contributed by atoms with Crippen molar-refractivity contribution in [3.8, 4) is 0 Å². The van der Waals surface area contributed by atoms with Crippen LogP contribution >= 0.6 is 0 Å². The second-order valence-corrected chi connectivity index (χ2v) is 5.70. The van der Waals surface area contributed by atoms with Crippen LogP contribution in [-0.2, 0) is 0 Å². The van der Waals surface area contributed by atoms with E-state index in [0.29, 0.717) is 13.1 Å². The van der Waals surface area contributed by atoms with E-state index < -0.39 is 5.60 Å². The lowest BCUT2D eigenvalue weighted by atomic mass is 9.96. The van der Waals surface area contributed by atoms with Crippen molar-refractivity contribution >= 4 is 0 Å². The summed E-state index contributed by atoms with van der Waals surface area (Å²) >= 11 is 0. The van der Waals surface area contributed by atoms with E-state index in [9.17, 15) is 5.11 Å². The Balaban J connectivity index is 2.61. The molecule has 1 fully saturated rings. The number of nitrogens with zero attached hydrogens (tertiary/aromatic N) is 1. The van der Waals surface area contributed by atoms with E-state index in [1.165, 1.54) is 6.42 Å². The number of nitrogens with two attached hydrogens (primary N) is 1. The van der Waals surface area contributed by atoms with Gasteiger partial charge in [0.1, 0.15) is 0 Å². The summed E-state index contributed by atoms with van der Waals surface area (Å²) in [6.07, 6.45) is 1.20. The fourth-order valence-corrected chi connectivity index (χ4v) is 2.42. The molecule has 1 saturated heterocycles. The van der Waals surface area contributed by atoms with Gasteiger partial charge in [-0.1, -0.05) is 6.92 Å². The molecule has 2 atom stereocenters. The molecule has 0 radical (unpaired) electrons. The SMILES string of the molecule is CC1CN(CC(C)(O)CN)C(C)(C)C1. The summed E-state index contributed by atoms with van der Waals surface area (Å²) in [6.45, 7) is 10.6. The molecule has 0 aromatic rings. The van der Waals surface area contributed by atoms with E-state index >= 15 is 0 Å². The second-order valence-electron chi connectivity index (χ2n) is 5.70. The van der Waals surface area contributed by atoms with Crippen LogP contribution in [0, 0.1) is 5.92 Å². The molecule has 0 aromatic carbocycles. The van der Waals surface area contributed by atoms with E-state index in [1.807, 2.05) is 6.92 Å². The number of β-amino-alcohol motifs (C(OH)–C–C–N with tert-alkyl or cyclic N) is 1. The van der Waals surface area contributed by atoms with E-state index in [0.717, 1.165) is 12.5 Å². The van der Waals surface area contributed by atoms with Crippen molar-refractivity contribution in [3.63, 3.8) is 0 Å². The topological polar surface area (TPSA) is 49.5 Å². The van der Waals surface area contributed by atoms with Crippen molar-refractivity contribution in [2.75, 3.05) is 19.6 Å². The molecule has 0 spiro atoms. The van der Waals surface area contributed by atoms with Crippen LogP contribution in [0.2, 0.25) is 0 Å². The highest BCUT2D eigenvalue weighted by Gasteiger charge is 2.38. The molecule has 2 unspecified atom stereocenters. The van der Waals surface area contributed by atoms with E-state index in [1.54, 1.807) is 0 Å². The van der Waals surface area contributed by atoms with Crippen LogP contribution in [0.25, 0.3) is 0 Å². The van der Waals surface area contributed by atoms with Gasteiger partial charge < -0.3 is 10.8 Å². The Morgan fingerprint density at radius 3 is 2.50 bits per heavy atom. The van der Waals surface area contributed by atoms with Gasteiger partial charge in [-0.25, -0.2) is 0 Å². The highest BCUT2D eigenvalue weighted by molar-refractivity contribution is 4.94. The van der Waals surface area contributed by atoms with Gasteiger partial charge in [-0.15, -0.1) is 0 Å². The highest BCUT2D eigenvalue weighted by Crippen LogP contribution is 2.33. The Bertz CT molecular complexity index is 201. The number of hydrogen-bond acceptors (Lipinski definition) is 3. The first-order valence-electron chi connectivity index (χ1n) is 5.44. The molecule has 1 heterocycles. The van der Waals surface area contributed by atoms with Gasteiger partial charge in [0.25, 0.3) is 0 Å². The van der Waals surface area contributed by atoms with Gasteiger partial charge in [-0.05, 0) is 33.1 Å². The Hall–Kier alpha value is -0.120. The van der Waals surface area contributed by atoms with Crippen LogP contribution in [-0.4, -0.2) is 40.8 Å². The van der Waals surface area contributed by atoms with Crippen LogP contribution in [0.15, 0.2) is 0 Å². The van der Waals surface area contributed by atoms with Crippen LogP contribution in [0.5, 0.6) is 0 Å². The Morgan fingerprint density at radius 1 is 1.57 bits per heavy atom. The molecule has 14 heavy (non-hydrogen) atoms. The average Bonchev–Trinajstić information content (AvgIpc) is 2.24. The van der Waals surface area contributed by atoms with Crippen LogP contribution in [0.3, 0.4) is 0 Å². The first kappa shape index (κ1) is 12.0. The third-order valence-electron chi connectivity index (χ3n) is 3.21. The smallest absolute Gasteiger partial charge is 0.0867 e. The van der Waals surface area contributed by atoms with Gasteiger partial charge in [-0.3, -0.25) is 4.90 Å². The molecule has 1 aliphatic rings. The quantitative estimate of drug-likeness (QED) is 0.709. The molecule has 0 aliphatic carbocycles. The molecule has 0 bridgehead atoms. The molecule has 3 heteroatoms. The zero-order chi connectivity index (χ0) is 11.0. The molecule has 1 rings (SSSR count). The van der Waals surface area contributed by atoms with E-state index in [-0.39, 0.29) is 5.54 Å². The largest absolute Gasteiger partial charge is 0.388 e. The van der Waals surface area contributed by atoms with E-state index in [2.05, 4.69) is 25.7 Å². The molecule has 1 aliphatic heterocycles. The predicted octanol–water partition coefficient (Wildman–Crippen LogP) is 0.816. The van der Waals surface area contributed by atoms with Gasteiger partial charge in [0.05, 0.1) is 5.60 Å². The van der Waals surface area contributed by atoms with Crippen molar-refractivity contribution in [1.29, 1.82) is 0 Å². The molecule has 0 saturated carbocycles. The first-order chi connectivity index (χ1) is 6.27. The molecule has 0 amide bonds. The summed E-state index contributed by atoms with van der Waals surface area (Å²) in [5.41, 5.74) is 4.99. The average molecular weight is 200 g/mol. The van der Waals surface area contributed by atoms with Crippen molar-refractivity contribution in [3.05, 3.63) is 0 Å². The lowest BCUT2D eigenvalue weighted by molar-refractivity contribution is 0.00762. The molecule has 3 nitrogen and oxygen atoms in total. The number of aliphatic hydroxyl groups is 1. The van der Waals surface area contributed by atoms with E-state index in [4.69, 9.17) is 5.73 Å². The maximum Gasteiger partial charge on any atom is 0.0867 e. The number of rotatable bonds is 3. The predicted molar refractivity (Wildman–Crippen MR) is 59.1 cm³/mol. The van der Waals surface area contributed by atoms with Crippen molar-refractivity contribution < 1.29 is 5.11 Å². The molecule has 84 valence electrons. The van der Waals surface area contributed by atoms with Crippen LogP contribution in [0.4, 0.5) is 0 Å². The lowest BCUT2D eigenvalue weighted by Gasteiger charge is -2.36. The summed E-state index contributed by atoms with van der Waals surface area (Å²) in [5, 5.41) is 9.94. The standard InChI is InChI=1S/C11H24N2O/c1-9-5-10(2,3)13(6-9)8-11(4,14)7-12/h9,14H,5-8,12H2,1-4H3. The lowest BCUT2D eigenvalue weighted by Crippen LogP contribution is -2.50. The molecule has 3 N–H and O–H groups in total. The summed E-state index contributed by atoms with van der Waals surface area (Å²) in [6, 6.07) is 0. The third kappa shape index (κ3) is 2.69. The van der Waals surface area contributed by atoms with Gasteiger partial charge in [0.2, 0.25) is 0 Å². The van der Waals surface area contributed by atoms with Crippen molar-refractivity contribution in [1.82, 2.24) is 4.90 Å². The Kier molecular flexibility index (Phi) is 3.24. The Labute approximate surface area is 87.3 Å². The summed E-state index contributed by atoms with van der Waals surface area (Å²) in [5.74, 6) is 0.721. The monoisotopic (exact) mass is 200 g/mol. The van der Waals surface area contributed by atoms with Gasteiger partial charge >= 0.3 is 0 Å². The first-order valence-corrected chi connectivity index (χ1v) is 5.44. The number of likely N-dealkylation sites (tertiary alicyclic amines) is 1. The zero-order valence-corrected chi connectivity index (χ0v) is 9.88. The van der Waals surface area contributed by atoms with Gasteiger partial charge in [0, 0.05) is 25.2 Å². The highest BCUT2D eigenvalue weighted by atomic mass is 16.3. The van der Waals surface area contributed by atoms with Crippen LogP contribution in [0.1, 0.15) is 34.1 Å². The second kappa shape index (κ2) is 3.80.